The molecule has 4 nitrogen and oxygen atoms in total. The Morgan fingerprint density at radius 2 is 1.90 bits per heavy atom. The molecular weight excluding hydrogens is 250 g/mol. The number of ether oxygens (including phenoxy) is 1. The number of nitrogens with zero attached hydrogens (tertiary/aromatic N) is 2. The standard InChI is InChI=1S/C16H21N3O/c1-4-13-11-14(17-5-2)19-16(18-13)15(20-3)12-9-7-6-8-10-12/h6-11,15H,4-5H2,1-3H3,(H,17,18,19). The molecule has 0 fully saturated rings. The molecule has 20 heavy (non-hydrogen) atoms. The van der Waals surface area contributed by atoms with E-state index in [4.69, 9.17) is 4.74 Å². The molecular formula is C16H21N3O. The Labute approximate surface area is 120 Å². The highest BCUT2D eigenvalue weighted by Crippen LogP contribution is 2.23. The van der Waals surface area contributed by atoms with Gasteiger partial charge in [0.15, 0.2) is 5.82 Å². The predicted molar refractivity (Wildman–Crippen MR) is 80.9 cm³/mol. The molecule has 0 aliphatic heterocycles. The molecule has 0 bridgehead atoms. The van der Waals surface area contributed by atoms with E-state index >= 15 is 0 Å². The second-order valence-corrected chi connectivity index (χ2v) is 4.51. The highest BCUT2D eigenvalue weighted by Gasteiger charge is 2.17. The first-order valence-corrected chi connectivity index (χ1v) is 6.98. The summed E-state index contributed by atoms with van der Waals surface area (Å²) in [5, 5.41) is 3.25. The van der Waals surface area contributed by atoms with Gasteiger partial charge in [-0.2, -0.15) is 0 Å². The van der Waals surface area contributed by atoms with E-state index in [1.165, 1.54) is 0 Å². The van der Waals surface area contributed by atoms with E-state index in [-0.39, 0.29) is 6.10 Å². The first kappa shape index (κ1) is 14.5. The van der Waals surface area contributed by atoms with Crippen molar-refractivity contribution in [1.82, 2.24) is 9.97 Å². The predicted octanol–water partition coefficient (Wildman–Crippen LogP) is 3.21. The van der Waals surface area contributed by atoms with Crippen molar-refractivity contribution >= 4 is 5.82 Å². The highest BCUT2D eigenvalue weighted by atomic mass is 16.5. The normalized spacial score (nSPS) is 12.2. The monoisotopic (exact) mass is 271 g/mol. The third-order valence-electron chi connectivity index (χ3n) is 3.09. The Bertz CT molecular complexity index is 543. The summed E-state index contributed by atoms with van der Waals surface area (Å²) in [6.07, 6.45) is 0.638. The van der Waals surface area contributed by atoms with E-state index in [1.807, 2.05) is 36.4 Å². The number of rotatable bonds is 6. The van der Waals surface area contributed by atoms with Crippen molar-refractivity contribution in [2.24, 2.45) is 0 Å². The summed E-state index contributed by atoms with van der Waals surface area (Å²) >= 11 is 0. The Morgan fingerprint density at radius 1 is 1.15 bits per heavy atom. The highest BCUT2D eigenvalue weighted by molar-refractivity contribution is 5.37. The Kier molecular flexibility index (Phi) is 5.07. The summed E-state index contributed by atoms with van der Waals surface area (Å²) < 4.78 is 5.60. The van der Waals surface area contributed by atoms with Crippen molar-refractivity contribution in [3.8, 4) is 0 Å². The second-order valence-electron chi connectivity index (χ2n) is 4.51. The molecule has 106 valence electrons. The maximum absolute atomic E-state index is 5.60. The number of nitrogens with one attached hydrogen (secondary N) is 1. The van der Waals surface area contributed by atoms with Crippen molar-refractivity contribution in [3.05, 3.63) is 53.5 Å². The van der Waals surface area contributed by atoms with Crippen molar-refractivity contribution < 1.29 is 4.74 Å². The zero-order valence-corrected chi connectivity index (χ0v) is 12.3. The van der Waals surface area contributed by atoms with Crippen LogP contribution in [0.15, 0.2) is 36.4 Å². The largest absolute Gasteiger partial charge is 0.370 e. The van der Waals surface area contributed by atoms with E-state index in [9.17, 15) is 0 Å². The Morgan fingerprint density at radius 3 is 2.50 bits per heavy atom. The van der Waals surface area contributed by atoms with E-state index in [2.05, 4.69) is 29.1 Å². The maximum atomic E-state index is 5.60. The molecule has 1 aromatic carbocycles. The van der Waals surface area contributed by atoms with Crippen LogP contribution in [-0.2, 0) is 11.2 Å². The lowest BCUT2D eigenvalue weighted by atomic mass is 10.1. The van der Waals surface area contributed by atoms with Crippen molar-refractivity contribution in [2.45, 2.75) is 26.4 Å². The number of hydrogen-bond acceptors (Lipinski definition) is 4. The van der Waals surface area contributed by atoms with Crippen LogP contribution in [0.1, 0.15) is 37.0 Å². The van der Waals surface area contributed by atoms with Crippen LogP contribution in [0, 0.1) is 0 Å². The lowest BCUT2D eigenvalue weighted by molar-refractivity contribution is 0.129. The first-order valence-electron chi connectivity index (χ1n) is 6.98. The van der Waals surface area contributed by atoms with Gasteiger partial charge < -0.3 is 10.1 Å². The minimum absolute atomic E-state index is 0.236. The maximum Gasteiger partial charge on any atom is 0.164 e. The fourth-order valence-corrected chi connectivity index (χ4v) is 2.11. The number of hydrogen-bond donors (Lipinski definition) is 1. The molecule has 0 spiro atoms. The van der Waals surface area contributed by atoms with Gasteiger partial charge in [0.25, 0.3) is 0 Å². The second kappa shape index (κ2) is 7.01. The van der Waals surface area contributed by atoms with Gasteiger partial charge in [0.05, 0.1) is 0 Å². The fraction of sp³-hybridized carbons (Fsp3) is 0.375. The van der Waals surface area contributed by atoms with E-state index < -0.39 is 0 Å². The van der Waals surface area contributed by atoms with E-state index in [0.717, 1.165) is 30.0 Å². The van der Waals surface area contributed by atoms with Gasteiger partial charge in [0.1, 0.15) is 11.9 Å². The van der Waals surface area contributed by atoms with Gasteiger partial charge in [-0.15, -0.1) is 0 Å². The summed E-state index contributed by atoms with van der Waals surface area (Å²) in [5.74, 6) is 1.56. The molecule has 1 unspecified atom stereocenters. The zero-order valence-electron chi connectivity index (χ0n) is 12.3. The number of aryl methyl sites for hydroxylation is 1. The summed E-state index contributed by atoms with van der Waals surface area (Å²) in [6.45, 7) is 4.98. The molecule has 1 heterocycles. The van der Waals surface area contributed by atoms with Crippen LogP contribution in [0.5, 0.6) is 0 Å². The summed E-state index contributed by atoms with van der Waals surface area (Å²) in [7, 11) is 1.69. The SMILES string of the molecule is CCNc1cc(CC)nc(C(OC)c2ccccc2)n1. The summed E-state index contributed by atoms with van der Waals surface area (Å²) in [5.41, 5.74) is 2.08. The van der Waals surface area contributed by atoms with Crippen LogP contribution >= 0.6 is 0 Å². The van der Waals surface area contributed by atoms with Gasteiger partial charge in [-0.3, -0.25) is 0 Å². The molecule has 2 rings (SSSR count). The molecule has 1 atom stereocenters. The van der Waals surface area contributed by atoms with Crippen LogP contribution < -0.4 is 5.32 Å². The topological polar surface area (TPSA) is 47.0 Å². The van der Waals surface area contributed by atoms with Gasteiger partial charge in [0, 0.05) is 25.4 Å². The summed E-state index contributed by atoms with van der Waals surface area (Å²) in [4.78, 5) is 9.18. The molecule has 0 radical (unpaired) electrons. The summed E-state index contributed by atoms with van der Waals surface area (Å²) in [6, 6.07) is 12.0. The minimum Gasteiger partial charge on any atom is -0.370 e. The lowest BCUT2D eigenvalue weighted by Gasteiger charge is -2.16. The average Bonchev–Trinajstić information content (AvgIpc) is 2.49. The molecule has 0 saturated heterocycles. The number of aromatic nitrogens is 2. The van der Waals surface area contributed by atoms with Crippen molar-refractivity contribution in [2.75, 3.05) is 19.0 Å². The third kappa shape index (κ3) is 3.33. The van der Waals surface area contributed by atoms with E-state index in [1.54, 1.807) is 7.11 Å². The molecule has 4 heteroatoms. The Balaban J connectivity index is 2.40. The molecule has 0 amide bonds. The van der Waals surface area contributed by atoms with Gasteiger partial charge in [-0.05, 0) is 18.9 Å². The zero-order chi connectivity index (χ0) is 14.4. The van der Waals surface area contributed by atoms with Crippen LogP contribution in [0.4, 0.5) is 5.82 Å². The Hall–Kier alpha value is -1.94. The van der Waals surface area contributed by atoms with Gasteiger partial charge in [0.2, 0.25) is 0 Å². The number of methoxy groups -OCH3 is 1. The van der Waals surface area contributed by atoms with Crippen LogP contribution in [-0.4, -0.2) is 23.6 Å². The molecule has 0 saturated carbocycles. The van der Waals surface area contributed by atoms with Gasteiger partial charge >= 0.3 is 0 Å². The molecule has 2 aromatic rings. The lowest BCUT2D eigenvalue weighted by Crippen LogP contribution is -2.12. The van der Waals surface area contributed by atoms with Gasteiger partial charge in [-0.1, -0.05) is 37.3 Å². The van der Waals surface area contributed by atoms with Crippen molar-refractivity contribution in [3.63, 3.8) is 0 Å². The number of benzene rings is 1. The van der Waals surface area contributed by atoms with Crippen LogP contribution in [0.25, 0.3) is 0 Å². The molecule has 0 aliphatic rings. The minimum atomic E-state index is -0.236. The smallest absolute Gasteiger partial charge is 0.164 e. The van der Waals surface area contributed by atoms with Crippen LogP contribution in [0.3, 0.4) is 0 Å². The third-order valence-corrected chi connectivity index (χ3v) is 3.09. The molecule has 1 aromatic heterocycles. The van der Waals surface area contributed by atoms with Crippen molar-refractivity contribution in [1.29, 1.82) is 0 Å². The first-order chi connectivity index (χ1) is 9.78. The van der Waals surface area contributed by atoms with Gasteiger partial charge in [-0.25, -0.2) is 9.97 Å². The quantitative estimate of drug-likeness (QED) is 0.876. The average molecular weight is 271 g/mol. The van der Waals surface area contributed by atoms with Crippen LogP contribution in [0.2, 0.25) is 0 Å². The number of anilines is 1. The van der Waals surface area contributed by atoms with E-state index in [0.29, 0.717) is 5.82 Å². The fourth-order valence-electron chi connectivity index (χ4n) is 2.11. The molecule has 0 aliphatic carbocycles. The molecule has 1 N–H and O–H groups in total.